The normalized spacial score (nSPS) is 17.3. The van der Waals surface area contributed by atoms with E-state index in [1.54, 1.807) is 6.07 Å². The molecule has 1 aromatic carbocycles. The van der Waals surface area contributed by atoms with Crippen molar-refractivity contribution in [2.45, 2.75) is 51.5 Å². The predicted molar refractivity (Wildman–Crippen MR) is 108 cm³/mol. The molecule has 0 atom stereocenters. The number of benzene rings is 1. The Balaban J connectivity index is 1.45. The Labute approximate surface area is 160 Å². The number of anilines is 3. The van der Waals surface area contributed by atoms with E-state index >= 15 is 0 Å². The number of hydrogen-bond acceptors (Lipinski definition) is 5. The molecule has 0 radical (unpaired) electrons. The lowest BCUT2D eigenvalue weighted by atomic mass is 10.2. The lowest BCUT2D eigenvalue weighted by molar-refractivity contribution is 0.0932. The highest BCUT2D eigenvalue weighted by Gasteiger charge is 2.19. The van der Waals surface area contributed by atoms with Crippen molar-refractivity contribution in [1.82, 2.24) is 15.3 Å². The van der Waals surface area contributed by atoms with Crippen LogP contribution in [-0.4, -0.2) is 35.0 Å². The maximum absolute atomic E-state index is 12.5. The van der Waals surface area contributed by atoms with E-state index in [0.717, 1.165) is 31.6 Å². The van der Waals surface area contributed by atoms with Crippen molar-refractivity contribution in [3.8, 4) is 0 Å². The molecule has 1 aliphatic carbocycles. The third-order valence-corrected chi connectivity index (χ3v) is 5.37. The van der Waals surface area contributed by atoms with E-state index in [-0.39, 0.29) is 11.9 Å². The van der Waals surface area contributed by atoms with Gasteiger partial charge in [0.15, 0.2) is 0 Å². The summed E-state index contributed by atoms with van der Waals surface area (Å²) >= 11 is 0. The number of aromatic nitrogens is 2. The molecule has 2 N–H and O–H groups in total. The second kappa shape index (κ2) is 7.94. The van der Waals surface area contributed by atoms with Crippen LogP contribution < -0.4 is 15.5 Å². The molecule has 1 aromatic heterocycles. The highest BCUT2D eigenvalue weighted by atomic mass is 16.1. The van der Waals surface area contributed by atoms with E-state index in [1.807, 2.05) is 6.92 Å². The molecule has 0 bridgehead atoms. The Morgan fingerprint density at radius 3 is 2.44 bits per heavy atom. The van der Waals surface area contributed by atoms with Crippen LogP contribution in [0.15, 0.2) is 30.3 Å². The summed E-state index contributed by atoms with van der Waals surface area (Å²) < 4.78 is 0. The fourth-order valence-electron chi connectivity index (χ4n) is 3.96. The Hall–Kier alpha value is -2.63. The van der Waals surface area contributed by atoms with Gasteiger partial charge in [-0.3, -0.25) is 4.79 Å². The van der Waals surface area contributed by atoms with Gasteiger partial charge in [-0.25, -0.2) is 9.97 Å². The van der Waals surface area contributed by atoms with Crippen LogP contribution in [0.4, 0.5) is 17.2 Å². The molecule has 2 aromatic rings. The molecule has 1 saturated carbocycles. The zero-order valence-electron chi connectivity index (χ0n) is 15.9. The van der Waals surface area contributed by atoms with Crippen LogP contribution in [0.1, 0.15) is 54.8 Å². The number of carbonyl (C=O) groups is 1. The molecular formula is C21H27N5O. The van der Waals surface area contributed by atoms with Gasteiger partial charge in [-0.1, -0.05) is 12.8 Å². The van der Waals surface area contributed by atoms with Gasteiger partial charge in [0.2, 0.25) is 0 Å². The number of nitrogens with zero attached hydrogens (tertiary/aromatic N) is 3. The first-order valence-electron chi connectivity index (χ1n) is 9.96. The first-order valence-corrected chi connectivity index (χ1v) is 9.96. The van der Waals surface area contributed by atoms with Crippen molar-refractivity contribution < 1.29 is 4.79 Å². The summed E-state index contributed by atoms with van der Waals surface area (Å²) in [5, 5.41) is 6.39. The van der Waals surface area contributed by atoms with Crippen LogP contribution in [0.25, 0.3) is 0 Å². The molecule has 1 aliphatic heterocycles. The van der Waals surface area contributed by atoms with E-state index in [9.17, 15) is 4.79 Å². The molecule has 1 amide bonds. The van der Waals surface area contributed by atoms with Gasteiger partial charge in [-0.15, -0.1) is 0 Å². The summed E-state index contributed by atoms with van der Waals surface area (Å²) in [5.41, 5.74) is 2.64. The molecule has 4 rings (SSSR count). The second-order valence-electron chi connectivity index (χ2n) is 7.51. The van der Waals surface area contributed by atoms with E-state index in [0.29, 0.717) is 17.3 Å². The maximum Gasteiger partial charge on any atom is 0.270 e. The highest BCUT2D eigenvalue weighted by Crippen LogP contribution is 2.24. The summed E-state index contributed by atoms with van der Waals surface area (Å²) in [6.07, 6.45) is 7.04. The Bertz CT molecular complexity index is 793. The Kier molecular flexibility index (Phi) is 5.23. The molecule has 2 heterocycles. The monoisotopic (exact) mass is 365 g/mol. The third-order valence-electron chi connectivity index (χ3n) is 5.37. The first kappa shape index (κ1) is 17.8. The van der Waals surface area contributed by atoms with E-state index in [1.165, 1.54) is 31.4 Å². The summed E-state index contributed by atoms with van der Waals surface area (Å²) in [5.74, 6) is 1.12. The van der Waals surface area contributed by atoms with Crippen LogP contribution in [0.3, 0.4) is 0 Å². The molecule has 27 heavy (non-hydrogen) atoms. The number of rotatable bonds is 5. The van der Waals surface area contributed by atoms with Gasteiger partial charge in [0.05, 0.1) is 0 Å². The molecule has 0 unspecified atom stereocenters. The highest BCUT2D eigenvalue weighted by molar-refractivity contribution is 5.93. The van der Waals surface area contributed by atoms with Gasteiger partial charge in [0.1, 0.15) is 17.3 Å². The van der Waals surface area contributed by atoms with E-state index < -0.39 is 0 Å². The van der Waals surface area contributed by atoms with Gasteiger partial charge in [0.25, 0.3) is 5.91 Å². The summed E-state index contributed by atoms with van der Waals surface area (Å²) in [4.78, 5) is 23.7. The smallest absolute Gasteiger partial charge is 0.270 e. The summed E-state index contributed by atoms with van der Waals surface area (Å²) in [6, 6.07) is 10.4. The Morgan fingerprint density at radius 2 is 1.74 bits per heavy atom. The van der Waals surface area contributed by atoms with Crippen LogP contribution in [-0.2, 0) is 0 Å². The van der Waals surface area contributed by atoms with Crippen molar-refractivity contribution in [2.75, 3.05) is 23.3 Å². The van der Waals surface area contributed by atoms with Gasteiger partial charge in [-0.05, 0) is 56.9 Å². The van der Waals surface area contributed by atoms with Gasteiger partial charge in [0, 0.05) is 36.6 Å². The summed E-state index contributed by atoms with van der Waals surface area (Å²) in [6.45, 7) is 4.09. The minimum Gasteiger partial charge on any atom is -0.372 e. The molecule has 6 heteroatoms. The number of aryl methyl sites for hydroxylation is 1. The SMILES string of the molecule is Cc1nc(Nc2ccc(N3CCCC3)cc2)cc(C(=O)NC2CCCC2)n1. The number of amides is 1. The lowest BCUT2D eigenvalue weighted by Gasteiger charge is -2.18. The van der Waals surface area contributed by atoms with Gasteiger partial charge in [-0.2, -0.15) is 0 Å². The number of hydrogen-bond donors (Lipinski definition) is 2. The minimum atomic E-state index is -0.111. The maximum atomic E-state index is 12.5. The number of carbonyl (C=O) groups excluding carboxylic acids is 1. The van der Waals surface area contributed by atoms with Crippen molar-refractivity contribution in [3.63, 3.8) is 0 Å². The topological polar surface area (TPSA) is 70.2 Å². The minimum absolute atomic E-state index is 0.111. The van der Waals surface area contributed by atoms with Crippen LogP contribution >= 0.6 is 0 Å². The molecular weight excluding hydrogens is 338 g/mol. The average Bonchev–Trinajstić information content (AvgIpc) is 3.36. The molecule has 142 valence electrons. The van der Waals surface area contributed by atoms with Crippen LogP contribution in [0.2, 0.25) is 0 Å². The van der Waals surface area contributed by atoms with Gasteiger partial charge < -0.3 is 15.5 Å². The fraction of sp³-hybridized carbons (Fsp3) is 0.476. The number of nitrogens with one attached hydrogen (secondary N) is 2. The van der Waals surface area contributed by atoms with E-state index in [4.69, 9.17) is 0 Å². The quantitative estimate of drug-likeness (QED) is 0.843. The zero-order valence-corrected chi connectivity index (χ0v) is 15.9. The lowest BCUT2D eigenvalue weighted by Crippen LogP contribution is -2.33. The summed E-state index contributed by atoms with van der Waals surface area (Å²) in [7, 11) is 0. The van der Waals surface area contributed by atoms with Crippen molar-refractivity contribution in [1.29, 1.82) is 0 Å². The van der Waals surface area contributed by atoms with E-state index in [2.05, 4.69) is 49.8 Å². The average molecular weight is 365 g/mol. The van der Waals surface area contributed by atoms with Gasteiger partial charge >= 0.3 is 0 Å². The second-order valence-corrected chi connectivity index (χ2v) is 7.51. The molecule has 2 aliphatic rings. The van der Waals surface area contributed by atoms with Crippen LogP contribution in [0.5, 0.6) is 0 Å². The van der Waals surface area contributed by atoms with Crippen molar-refractivity contribution >= 4 is 23.1 Å². The Morgan fingerprint density at radius 1 is 1.04 bits per heavy atom. The largest absolute Gasteiger partial charge is 0.372 e. The molecule has 2 fully saturated rings. The van der Waals surface area contributed by atoms with Crippen molar-refractivity contribution in [3.05, 3.63) is 41.9 Å². The molecule has 0 spiro atoms. The van der Waals surface area contributed by atoms with Crippen LogP contribution in [0, 0.1) is 6.92 Å². The third kappa shape index (κ3) is 4.38. The molecule has 6 nitrogen and oxygen atoms in total. The zero-order chi connectivity index (χ0) is 18.6. The molecule has 1 saturated heterocycles. The van der Waals surface area contributed by atoms with Crippen molar-refractivity contribution in [2.24, 2.45) is 0 Å². The predicted octanol–water partition coefficient (Wildman–Crippen LogP) is 3.80. The fourth-order valence-corrected chi connectivity index (χ4v) is 3.96. The standard InChI is InChI=1S/C21H27N5O/c1-15-22-19(21(27)25-16-6-2-3-7-16)14-20(23-15)24-17-8-10-18(11-9-17)26-12-4-5-13-26/h8-11,14,16H,2-7,12-13H2,1H3,(H,25,27)(H,22,23,24). The first-order chi connectivity index (χ1) is 13.2.